The van der Waals surface area contributed by atoms with E-state index in [1.165, 1.54) is 24.3 Å². The number of halogens is 1. The van der Waals surface area contributed by atoms with Crippen molar-refractivity contribution in [1.82, 2.24) is 14.9 Å². The van der Waals surface area contributed by atoms with Crippen LogP contribution in [-0.2, 0) is 6.54 Å². The summed E-state index contributed by atoms with van der Waals surface area (Å²) >= 11 is 0. The first-order chi connectivity index (χ1) is 11.5. The Bertz CT molecular complexity index is 882. The minimum atomic E-state index is -0.354. The lowest BCUT2D eigenvalue weighted by Crippen LogP contribution is -2.22. The van der Waals surface area contributed by atoms with Gasteiger partial charge in [-0.05, 0) is 62.7 Å². The van der Waals surface area contributed by atoms with E-state index in [1.54, 1.807) is 0 Å². The molecule has 1 heterocycles. The molecule has 0 radical (unpaired) electrons. The van der Waals surface area contributed by atoms with Gasteiger partial charge in [0.15, 0.2) is 0 Å². The molecule has 0 aliphatic rings. The van der Waals surface area contributed by atoms with Crippen LogP contribution in [0.2, 0.25) is 0 Å². The second kappa shape index (κ2) is 6.43. The minimum Gasteiger partial charge on any atom is -0.348 e. The van der Waals surface area contributed by atoms with Crippen LogP contribution in [-0.4, -0.2) is 15.5 Å². The molecule has 3 aromatic rings. The molecule has 0 bridgehead atoms. The van der Waals surface area contributed by atoms with Gasteiger partial charge in [0.1, 0.15) is 11.6 Å². The third-order valence-corrected chi connectivity index (χ3v) is 4.01. The zero-order chi connectivity index (χ0) is 17.3. The van der Waals surface area contributed by atoms with Gasteiger partial charge in [-0.15, -0.1) is 0 Å². The summed E-state index contributed by atoms with van der Waals surface area (Å²) in [5, 5.41) is 2.85. The fourth-order valence-corrected chi connectivity index (χ4v) is 2.91. The number of nitrogens with zero attached hydrogens (tertiary/aromatic N) is 2. The summed E-state index contributed by atoms with van der Waals surface area (Å²) in [5.41, 5.74) is 3.44. The predicted molar refractivity (Wildman–Crippen MR) is 92.4 cm³/mol. The van der Waals surface area contributed by atoms with Crippen molar-refractivity contribution in [1.29, 1.82) is 0 Å². The van der Waals surface area contributed by atoms with Gasteiger partial charge in [0.2, 0.25) is 0 Å². The molecule has 124 valence electrons. The van der Waals surface area contributed by atoms with Crippen molar-refractivity contribution in [2.45, 2.75) is 33.4 Å². The van der Waals surface area contributed by atoms with Gasteiger partial charge in [-0.1, -0.05) is 6.07 Å². The van der Waals surface area contributed by atoms with Crippen molar-refractivity contribution in [3.63, 3.8) is 0 Å². The second-order valence-corrected chi connectivity index (χ2v) is 6.14. The number of aromatic nitrogens is 2. The average Bonchev–Trinajstić information content (AvgIpc) is 2.88. The van der Waals surface area contributed by atoms with Crippen molar-refractivity contribution in [3.05, 3.63) is 65.2 Å². The van der Waals surface area contributed by atoms with Gasteiger partial charge < -0.3 is 9.88 Å². The highest BCUT2D eigenvalue weighted by molar-refractivity contribution is 5.94. The fraction of sp³-hybridized carbons (Fsp3) is 0.263. The smallest absolute Gasteiger partial charge is 0.251 e. The van der Waals surface area contributed by atoms with E-state index in [1.807, 2.05) is 25.1 Å². The van der Waals surface area contributed by atoms with Crippen LogP contribution in [0.5, 0.6) is 0 Å². The summed E-state index contributed by atoms with van der Waals surface area (Å²) in [4.78, 5) is 16.7. The Kier molecular flexibility index (Phi) is 4.34. The molecule has 24 heavy (non-hydrogen) atoms. The van der Waals surface area contributed by atoms with E-state index in [0.29, 0.717) is 18.2 Å². The van der Waals surface area contributed by atoms with Crippen molar-refractivity contribution in [2.75, 3.05) is 0 Å². The third-order valence-electron chi connectivity index (χ3n) is 4.01. The van der Waals surface area contributed by atoms with Crippen LogP contribution in [0.15, 0.2) is 42.5 Å². The molecule has 0 spiro atoms. The first kappa shape index (κ1) is 16.2. The fourth-order valence-electron chi connectivity index (χ4n) is 2.91. The molecule has 0 aliphatic heterocycles. The Morgan fingerprint density at radius 1 is 1.21 bits per heavy atom. The van der Waals surface area contributed by atoms with Gasteiger partial charge in [-0.25, -0.2) is 9.37 Å². The molecule has 2 aromatic carbocycles. The van der Waals surface area contributed by atoms with Gasteiger partial charge in [0, 0.05) is 18.2 Å². The van der Waals surface area contributed by atoms with Crippen LogP contribution in [0, 0.1) is 12.7 Å². The van der Waals surface area contributed by atoms with Crippen molar-refractivity contribution >= 4 is 16.9 Å². The van der Waals surface area contributed by atoms with E-state index in [9.17, 15) is 9.18 Å². The van der Waals surface area contributed by atoms with E-state index < -0.39 is 0 Å². The predicted octanol–water partition coefficient (Wildman–Crippen LogP) is 3.99. The largest absolute Gasteiger partial charge is 0.348 e. The second-order valence-electron chi connectivity index (χ2n) is 6.14. The number of rotatable bonds is 4. The molecule has 0 saturated carbocycles. The molecule has 0 fully saturated rings. The summed E-state index contributed by atoms with van der Waals surface area (Å²) in [6.45, 7) is 6.66. The van der Waals surface area contributed by atoms with Crippen LogP contribution in [0.25, 0.3) is 11.0 Å². The number of fused-ring (bicyclic) bond motifs is 1. The highest BCUT2D eigenvalue weighted by Gasteiger charge is 2.11. The number of carbonyl (C=O) groups is 1. The van der Waals surface area contributed by atoms with Gasteiger partial charge in [0.05, 0.1) is 11.0 Å². The topological polar surface area (TPSA) is 46.9 Å². The van der Waals surface area contributed by atoms with E-state index >= 15 is 0 Å². The highest BCUT2D eigenvalue weighted by Crippen LogP contribution is 2.21. The number of nitrogens with one attached hydrogen (secondary N) is 1. The standard InChI is InChI=1S/C19H20FN3O/c1-12(2)23-13(3)22-17-10-14(4-9-18(17)23)11-21-19(24)15-5-7-16(20)8-6-15/h4-10,12H,11H2,1-3H3,(H,21,24). The van der Waals surface area contributed by atoms with Crippen LogP contribution in [0.4, 0.5) is 4.39 Å². The Balaban J connectivity index is 1.76. The summed E-state index contributed by atoms with van der Waals surface area (Å²) in [6, 6.07) is 11.9. The molecule has 1 N–H and O–H groups in total. The summed E-state index contributed by atoms with van der Waals surface area (Å²) in [7, 11) is 0. The number of imidazole rings is 1. The molecule has 1 amide bonds. The van der Waals surface area contributed by atoms with Crippen LogP contribution in [0.1, 0.15) is 41.6 Å². The summed E-state index contributed by atoms with van der Waals surface area (Å²) in [5.74, 6) is 0.402. The van der Waals surface area contributed by atoms with Crippen molar-refractivity contribution < 1.29 is 9.18 Å². The lowest BCUT2D eigenvalue weighted by Gasteiger charge is -2.11. The minimum absolute atomic E-state index is 0.223. The number of hydrogen-bond donors (Lipinski definition) is 1. The van der Waals surface area contributed by atoms with Crippen LogP contribution >= 0.6 is 0 Å². The van der Waals surface area contributed by atoms with Crippen molar-refractivity contribution in [3.8, 4) is 0 Å². The summed E-state index contributed by atoms with van der Waals surface area (Å²) in [6.07, 6.45) is 0. The highest BCUT2D eigenvalue weighted by atomic mass is 19.1. The lowest BCUT2D eigenvalue weighted by molar-refractivity contribution is 0.0951. The molecule has 1 aromatic heterocycles. The maximum absolute atomic E-state index is 12.9. The summed E-state index contributed by atoms with van der Waals surface area (Å²) < 4.78 is 15.1. The SMILES string of the molecule is Cc1nc2cc(CNC(=O)c3ccc(F)cc3)ccc2n1C(C)C. The van der Waals surface area contributed by atoms with E-state index in [-0.39, 0.29) is 11.7 Å². The third kappa shape index (κ3) is 3.15. The first-order valence-corrected chi connectivity index (χ1v) is 7.97. The van der Waals surface area contributed by atoms with Gasteiger partial charge >= 0.3 is 0 Å². The number of amides is 1. The molecule has 0 unspecified atom stereocenters. The van der Waals surface area contributed by atoms with E-state index in [0.717, 1.165) is 22.4 Å². The number of benzene rings is 2. The Labute approximate surface area is 140 Å². The number of aryl methyl sites for hydroxylation is 1. The molecule has 0 aliphatic carbocycles. The van der Waals surface area contributed by atoms with E-state index in [4.69, 9.17) is 0 Å². The van der Waals surface area contributed by atoms with E-state index in [2.05, 4.69) is 28.7 Å². The van der Waals surface area contributed by atoms with Gasteiger partial charge in [0.25, 0.3) is 5.91 Å². The quantitative estimate of drug-likeness (QED) is 0.788. The molecule has 0 saturated heterocycles. The zero-order valence-corrected chi connectivity index (χ0v) is 14.0. The van der Waals surface area contributed by atoms with Gasteiger partial charge in [-0.3, -0.25) is 4.79 Å². The van der Waals surface area contributed by atoms with Crippen LogP contribution in [0.3, 0.4) is 0 Å². The van der Waals surface area contributed by atoms with Crippen LogP contribution < -0.4 is 5.32 Å². The molecule has 3 rings (SSSR count). The molecular weight excluding hydrogens is 305 g/mol. The maximum Gasteiger partial charge on any atom is 0.251 e. The lowest BCUT2D eigenvalue weighted by atomic mass is 10.1. The molecule has 5 heteroatoms. The Morgan fingerprint density at radius 2 is 1.92 bits per heavy atom. The number of hydrogen-bond acceptors (Lipinski definition) is 2. The average molecular weight is 325 g/mol. The van der Waals surface area contributed by atoms with Gasteiger partial charge in [-0.2, -0.15) is 0 Å². The monoisotopic (exact) mass is 325 g/mol. The number of carbonyl (C=O) groups excluding carboxylic acids is 1. The Morgan fingerprint density at radius 3 is 2.58 bits per heavy atom. The maximum atomic E-state index is 12.9. The first-order valence-electron chi connectivity index (χ1n) is 7.97. The van der Waals surface area contributed by atoms with Crippen molar-refractivity contribution in [2.24, 2.45) is 0 Å². The molecular formula is C19H20FN3O. The zero-order valence-electron chi connectivity index (χ0n) is 14.0. The molecule has 4 nitrogen and oxygen atoms in total. The Hall–Kier alpha value is -2.69. The molecule has 0 atom stereocenters. The normalized spacial score (nSPS) is 11.2.